The Morgan fingerprint density at radius 3 is 2.31 bits per heavy atom. The van der Waals surface area contributed by atoms with Crippen molar-refractivity contribution in [3.05, 3.63) is 59.7 Å². The van der Waals surface area contributed by atoms with Crippen molar-refractivity contribution in [1.82, 2.24) is 5.32 Å². The number of amides is 1. The van der Waals surface area contributed by atoms with E-state index in [2.05, 4.69) is 5.32 Å². The van der Waals surface area contributed by atoms with Crippen LogP contribution in [-0.4, -0.2) is 26.9 Å². The Hall–Kier alpha value is -2.34. The molecule has 0 radical (unpaired) electrons. The summed E-state index contributed by atoms with van der Waals surface area (Å²) in [5, 5.41) is 2.97. The van der Waals surface area contributed by atoms with Gasteiger partial charge in [0, 0.05) is 18.2 Å². The molecule has 140 valence electrons. The van der Waals surface area contributed by atoms with Crippen LogP contribution in [-0.2, 0) is 10.0 Å². The van der Waals surface area contributed by atoms with Crippen molar-refractivity contribution < 1.29 is 13.2 Å². The summed E-state index contributed by atoms with van der Waals surface area (Å²) in [5.74, 6) is -0.219. The zero-order chi connectivity index (χ0) is 19.5. The highest BCUT2D eigenvalue weighted by atomic mass is 32.2. The maximum atomic E-state index is 12.9. The number of aryl methyl sites for hydroxylation is 1. The molecule has 0 atom stereocenters. The molecule has 26 heavy (non-hydrogen) atoms. The van der Waals surface area contributed by atoms with Gasteiger partial charge in [0.05, 0.1) is 10.6 Å². The minimum atomic E-state index is -3.70. The summed E-state index contributed by atoms with van der Waals surface area (Å²) >= 11 is 0. The summed E-state index contributed by atoms with van der Waals surface area (Å²) in [6, 6.07) is 13.3. The Kier molecular flexibility index (Phi) is 5.76. The van der Waals surface area contributed by atoms with Crippen molar-refractivity contribution in [3.63, 3.8) is 0 Å². The second-order valence-corrected chi connectivity index (χ2v) is 8.95. The summed E-state index contributed by atoms with van der Waals surface area (Å²) in [6.07, 6.45) is 0.791. The first-order valence-electron chi connectivity index (χ1n) is 8.55. The lowest BCUT2D eigenvalue weighted by Gasteiger charge is -2.25. The first-order valence-corrected chi connectivity index (χ1v) is 9.99. The maximum absolute atomic E-state index is 12.9. The normalized spacial score (nSPS) is 11.9. The number of anilines is 1. The lowest BCUT2D eigenvalue weighted by Crippen LogP contribution is -2.42. The lowest BCUT2D eigenvalue weighted by atomic mass is 10.0. The highest BCUT2D eigenvalue weighted by Gasteiger charge is 2.24. The molecule has 2 rings (SSSR count). The first-order chi connectivity index (χ1) is 12.1. The van der Waals surface area contributed by atoms with Gasteiger partial charge in [0.2, 0.25) is 0 Å². The molecule has 0 bridgehead atoms. The Morgan fingerprint density at radius 2 is 1.73 bits per heavy atom. The molecular weight excluding hydrogens is 348 g/mol. The summed E-state index contributed by atoms with van der Waals surface area (Å²) in [7, 11) is -2.19. The van der Waals surface area contributed by atoms with Crippen molar-refractivity contribution in [2.24, 2.45) is 0 Å². The predicted molar refractivity (Wildman–Crippen MR) is 105 cm³/mol. The van der Waals surface area contributed by atoms with Gasteiger partial charge in [-0.3, -0.25) is 9.10 Å². The number of carbonyl (C=O) groups excluding carboxylic acids is 1. The van der Waals surface area contributed by atoms with Gasteiger partial charge >= 0.3 is 0 Å². The smallest absolute Gasteiger partial charge is 0.264 e. The molecule has 0 unspecified atom stereocenters. The van der Waals surface area contributed by atoms with Gasteiger partial charge in [0.15, 0.2) is 0 Å². The van der Waals surface area contributed by atoms with Crippen LogP contribution in [0.15, 0.2) is 53.4 Å². The lowest BCUT2D eigenvalue weighted by molar-refractivity contribution is 0.0911. The second-order valence-electron chi connectivity index (χ2n) is 6.98. The topological polar surface area (TPSA) is 66.5 Å². The number of sulfonamides is 1. The van der Waals surface area contributed by atoms with Crippen LogP contribution in [0, 0.1) is 6.92 Å². The van der Waals surface area contributed by atoms with Crippen molar-refractivity contribution in [2.75, 3.05) is 11.4 Å². The highest BCUT2D eigenvalue weighted by molar-refractivity contribution is 7.92. The van der Waals surface area contributed by atoms with Crippen LogP contribution < -0.4 is 9.62 Å². The first kappa shape index (κ1) is 20.0. The monoisotopic (exact) mass is 374 g/mol. The molecule has 0 fully saturated rings. The number of benzene rings is 2. The summed E-state index contributed by atoms with van der Waals surface area (Å²) in [6.45, 7) is 7.73. The zero-order valence-corrected chi connectivity index (χ0v) is 16.7. The molecule has 0 saturated carbocycles. The molecule has 0 aliphatic heterocycles. The molecule has 0 saturated heterocycles. The van der Waals surface area contributed by atoms with Crippen LogP contribution in [0.25, 0.3) is 0 Å². The maximum Gasteiger partial charge on any atom is 0.264 e. The van der Waals surface area contributed by atoms with Gasteiger partial charge in [0.1, 0.15) is 0 Å². The predicted octanol–water partition coefficient (Wildman–Crippen LogP) is 3.74. The Balaban J connectivity index is 2.40. The Labute approximate surface area is 156 Å². The number of rotatable bonds is 6. The van der Waals surface area contributed by atoms with Crippen molar-refractivity contribution in [3.8, 4) is 0 Å². The molecule has 0 aliphatic carbocycles. The van der Waals surface area contributed by atoms with Crippen LogP contribution >= 0.6 is 0 Å². The molecule has 0 spiro atoms. The minimum absolute atomic E-state index is 0.212. The van der Waals surface area contributed by atoms with Gasteiger partial charge in [-0.15, -0.1) is 0 Å². The van der Waals surface area contributed by atoms with E-state index in [1.54, 1.807) is 48.5 Å². The van der Waals surface area contributed by atoms with Gasteiger partial charge in [-0.25, -0.2) is 8.42 Å². The van der Waals surface area contributed by atoms with Crippen LogP contribution in [0.5, 0.6) is 0 Å². The number of nitrogens with zero attached hydrogens (tertiary/aromatic N) is 1. The van der Waals surface area contributed by atoms with Gasteiger partial charge in [-0.05, 0) is 57.0 Å². The van der Waals surface area contributed by atoms with Crippen molar-refractivity contribution in [2.45, 2.75) is 44.6 Å². The van der Waals surface area contributed by atoms with E-state index in [9.17, 15) is 13.2 Å². The van der Waals surface area contributed by atoms with E-state index in [1.807, 2.05) is 27.7 Å². The van der Waals surface area contributed by atoms with E-state index in [0.717, 1.165) is 12.0 Å². The van der Waals surface area contributed by atoms with Crippen LogP contribution in [0.1, 0.15) is 43.1 Å². The molecule has 0 heterocycles. The van der Waals surface area contributed by atoms with E-state index >= 15 is 0 Å². The van der Waals surface area contributed by atoms with E-state index in [4.69, 9.17) is 0 Å². The van der Waals surface area contributed by atoms with Gasteiger partial charge in [0.25, 0.3) is 15.9 Å². The quantitative estimate of drug-likeness (QED) is 0.838. The summed E-state index contributed by atoms with van der Waals surface area (Å²) in [5.41, 5.74) is 1.36. The molecule has 2 aromatic carbocycles. The molecule has 0 aliphatic rings. The van der Waals surface area contributed by atoms with Gasteiger partial charge in [-0.1, -0.05) is 31.2 Å². The van der Waals surface area contributed by atoms with Crippen molar-refractivity contribution >= 4 is 21.6 Å². The molecular formula is C20H26N2O3S. The van der Waals surface area contributed by atoms with Gasteiger partial charge in [-0.2, -0.15) is 0 Å². The largest absolute Gasteiger partial charge is 0.347 e. The molecule has 0 aromatic heterocycles. The van der Waals surface area contributed by atoms with E-state index < -0.39 is 10.0 Å². The van der Waals surface area contributed by atoms with Gasteiger partial charge < -0.3 is 5.32 Å². The number of carbonyl (C=O) groups is 1. The zero-order valence-electron chi connectivity index (χ0n) is 15.9. The fourth-order valence-corrected chi connectivity index (χ4v) is 3.71. The number of hydrogen-bond acceptors (Lipinski definition) is 3. The SMILES string of the molecule is CCC(C)(C)NC(=O)c1ccc(C)c(N(C)S(=O)(=O)c2ccccc2)c1. The standard InChI is InChI=1S/C20H26N2O3S/c1-6-20(3,4)21-19(23)16-13-12-15(2)18(14-16)22(5)26(24,25)17-10-8-7-9-11-17/h7-14H,6H2,1-5H3,(H,21,23). The Morgan fingerprint density at radius 1 is 1.12 bits per heavy atom. The fraction of sp³-hybridized carbons (Fsp3) is 0.350. The third kappa shape index (κ3) is 4.25. The molecule has 1 N–H and O–H groups in total. The van der Waals surface area contributed by atoms with Crippen LogP contribution in [0.2, 0.25) is 0 Å². The average molecular weight is 375 g/mol. The molecule has 6 heteroatoms. The van der Waals surface area contributed by atoms with Crippen LogP contribution in [0.4, 0.5) is 5.69 Å². The van der Waals surface area contributed by atoms with Crippen molar-refractivity contribution in [1.29, 1.82) is 0 Å². The Bertz CT molecular complexity index is 891. The third-order valence-corrected chi connectivity index (χ3v) is 6.33. The van der Waals surface area contributed by atoms with E-state index in [-0.39, 0.29) is 16.3 Å². The third-order valence-electron chi connectivity index (χ3n) is 4.55. The van der Waals surface area contributed by atoms with E-state index in [0.29, 0.717) is 11.3 Å². The summed E-state index contributed by atoms with van der Waals surface area (Å²) in [4.78, 5) is 12.8. The molecule has 2 aromatic rings. The highest BCUT2D eigenvalue weighted by Crippen LogP contribution is 2.26. The fourth-order valence-electron chi connectivity index (χ4n) is 2.44. The van der Waals surface area contributed by atoms with Crippen LogP contribution in [0.3, 0.4) is 0 Å². The molecule has 5 nitrogen and oxygen atoms in total. The van der Waals surface area contributed by atoms with E-state index in [1.165, 1.54) is 11.4 Å². The number of hydrogen-bond donors (Lipinski definition) is 1. The number of nitrogens with one attached hydrogen (secondary N) is 1. The average Bonchev–Trinajstić information content (AvgIpc) is 2.61. The summed E-state index contributed by atoms with van der Waals surface area (Å²) < 4.78 is 27.0. The molecule has 1 amide bonds. The second kappa shape index (κ2) is 7.50. The minimum Gasteiger partial charge on any atom is -0.347 e.